The molecule has 1 aliphatic heterocycles. The molecule has 2 N–H and O–H groups in total. The van der Waals surface area contributed by atoms with E-state index in [4.69, 9.17) is 20.2 Å². The van der Waals surface area contributed by atoms with Gasteiger partial charge in [-0.1, -0.05) is 264 Å². The highest BCUT2D eigenvalue weighted by molar-refractivity contribution is 6.12. The van der Waals surface area contributed by atoms with Crippen molar-refractivity contribution in [2.24, 2.45) is 16.6 Å². The molecule has 4 aliphatic rings. The molecule has 12 rings (SSSR count). The second-order valence-corrected chi connectivity index (χ2v) is 19.4. The molecule has 8 aromatic carbocycles. The molecule has 4 nitrogen and oxygen atoms in total. The van der Waals surface area contributed by atoms with Crippen LogP contribution in [-0.2, 0) is 12.0 Å². The molecular weight excluding hydrogens is 961 g/mol. The van der Waals surface area contributed by atoms with Gasteiger partial charge in [0.05, 0.1) is 17.7 Å². The summed E-state index contributed by atoms with van der Waals surface area (Å²) in [6.45, 7) is 17.5. The summed E-state index contributed by atoms with van der Waals surface area (Å²) in [6, 6.07) is 65.4. The molecule has 396 valence electrons. The van der Waals surface area contributed by atoms with E-state index in [1.54, 1.807) is 12.2 Å². The highest BCUT2D eigenvalue weighted by Gasteiger charge is 2.51. The molecule has 3 aliphatic carbocycles. The van der Waals surface area contributed by atoms with E-state index in [1.165, 1.54) is 44.2 Å². The summed E-state index contributed by atoms with van der Waals surface area (Å²) in [7, 11) is 0. The minimum absolute atomic E-state index is 0.257. The molecule has 2 unspecified atom stereocenters. The number of benzene rings is 8. The largest absolute Gasteiger partial charge is 0.449 e. The van der Waals surface area contributed by atoms with Gasteiger partial charge in [-0.05, 0) is 125 Å². The van der Waals surface area contributed by atoms with Crippen molar-refractivity contribution >= 4 is 27.8 Å². The van der Waals surface area contributed by atoms with Gasteiger partial charge in [0.25, 0.3) is 0 Å². The Labute approximate surface area is 470 Å². The lowest BCUT2D eigenvalue weighted by molar-refractivity contribution is 0.358. The van der Waals surface area contributed by atoms with Crippen LogP contribution in [0.25, 0.3) is 33.2 Å². The van der Waals surface area contributed by atoms with Gasteiger partial charge in [-0.15, -0.1) is 6.58 Å². The number of nitrogens with zero attached hydrogens (tertiary/aromatic N) is 1. The normalized spacial score (nSPS) is 16.3. The van der Waals surface area contributed by atoms with Crippen molar-refractivity contribution < 1.29 is 9.47 Å². The SMILES string of the molecule is C=C/C=C\CC.C=CC.CC.Cc1ccccc1.N/C(=C\C(=NCc1ccc2ccccc2c1)c1ccc(-c2cccc3c2Oc2ccc4c(c2O3)C2=C(C=CCC2)C4(c2ccccc2)C2C=CC=CC2)cc1)c1ccccc1. The Morgan fingerprint density at radius 2 is 1.37 bits per heavy atom. The van der Waals surface area contributed by atoms with Crippen LogP contribution in [0.1, 0.15) is 92.3 Å². The van der Waals surface area contributed by atoms with Crippen LogP contribution < -0.4 is 15.2 Å². The molecule has 0 amide bonds. The molecule has 0 bridgehead atoms. The van der Waals surface area contributed by atoms with E-state index in [1.807, 2.05) is 87.5 Å². The van der Waals surface area contributed by atoms with E-state index in [0.29, 0.717) is 23.7 Å². The molecule has 0 saturated carbocycles. The van der Waals surface area contributed by atoms with Crippen molar-refractivity contribution in [3.8, 4) is 34.1 Å². The summed E-state index contributed by atoms with van der Waals surface area (Å²) in [5.41, 5.74) is 20.7. The van der Waals surface area contributed by atoms with Crippen LogP contribution >= 0.6 is 0 Å². The number of aryl methyl sites for hydroxylation is 1. The Kier molecular flexibility index (Phi) is 19.8. The number of hydrogen-bond acceptors (Lipinski definition) is 4. The Hall–Kier alpha value is -8.99. The number of rotatable bonds is 10. The summed E-state index contributed by atoms with van der Waals surface area (Å²) in [4.78, 5) is 5.15. The maximum absolute atomic E-state index is 7.04. The van der Waals surface area contributed by atoms with Crippen LogP contribution in [0, 0.1) is 12.8 Å². The first-order chi connectivity index (χ1) is 38.9. The van der Waals surface area contributed by atoms with Crippen molar-refractivity contribution in [1.82, 2.24) is 0 Å². The number of allylic oxidation sites excluding steroid dienone is 13. The molecule has 0 aromatic heterocycles. The molecule has 2 atom stereocenters. The zero-order valence-electron chi connectivity index (χ0n) is 46.6. The van der Waals surface area contributed by atoms with Gasteiger partial charge in [-0.25, -0.2) is 0 Å². The first kappa shape index (κ1) is 56.2. The Morgan fingerprint density at radius 1 is 0.696 bits per heavy atom. The minimum atomic E-state index is -0.342. The summed E-state index contributed by atoms with van der Waals surface area (Å²) >= 11 is 0. The first-order valence-corrected chi connectivity index (χ1v) is 27.8. The first-order valence-electron chi connectivity index (χ1n) is 27.8. The quantitative estimate of drug-likeness (QED) is 0.0844. The zero-order valence-corrected chi connectivity index (χ0v) is 46.6. The molecular formula is C75H74N2O2. The van der Waals surface area contributed by atoms with Gasteiger partial charge in [-0.2, -0.15) is 0 Å². The van der Waals surface area contributed by atoms with E-state index in [2.05, 4.69) is 203 Å². The summed E-state index contributed by atoms with van der Waals surface area (Å²) in [6.07, 6.45) is 27.3. The molecule has 8 aromatic rings. The van der Waals surface area contributed by atoms with E-state index in [9.17, 15) is 0 Å². The van der Waals surface area contributed by atoms with Crippen molar-refractivity contribution in [2.75, 3.05) is 0 Å². The molecule has 0 saturated heterocycles. The van der Waals surface area contributed by atoms with Crippen molar-refractivity contribution in [2.45, 2.75) is 72.3 Å². The van der Waals surface area contributed by atoms with Gasteiger partial charge in [0.15, 0.2) is 23.0 Å². The lowest BCUT2D eigenvalue weighted by Gasteiger charge is -2.41. The topological polar surface area (TPSA) is 56.8 Å². The molecule has 4 heteroatoms. The Balaban J connectivity index is 0.000000397. The zero-order chi connectivity index (χ0) is 55.4. The standard InChI is InChI=1S/C57H44N2O2.C7H8.C6H10.C3H6.C2H6/c58-50(41-16-4-1-5-17-41)36-51(59-37-38-27-28-39-15-10-11-18-43(39)35-38)42-31-29-40(30-32-42)46-24-14-26-52-55(46)60-53-34-33-49-54(56(53)61-52)47-23-12-13-25-48(47)57(49,44-19-6-2-7-20-44)45-21-8-3-9-22-45;1-7-5-3-2-4-6-7;1-3-5-6-4-2;1-3-2;1-2/h1-11,13-21,24-36,45H,12,22-23,37,58H2;2-6H,1H3;3,5-6H,1,4H2,2H3;3H,1H2,2H3;1-2H3/b50-36-,59-51?;;6-5-;;. The smallest absolute Gasteiger partial charge is 0.177 e. The minimum Gasteiger partial charge on any atom is -0.449 e. The Morgan fingerprint density at radius 3 is 2.03 bits per heavy atom. The number of fused-ring (bicyclic) bond motifs is 6. The molecule has 1 heterocycles. The van der Waals surface area contributed by atoms with Gasteiger partial charge in [0.1, 0.15) is 0 Å². The molecule has 0 fully saturated rings. The van der Waals surface area contributed by atoms with Gasteiger partial charge >= 0.3 is 0 Å². The van der Waals surface area contributed by atoms with Crippen LogP contribution in [0.15, 0.2) is 279 Å². The third-order valence-electron chi connectivity index (χ3n) is 14.2. The maximum atomic E-state index is 7.04. The Bertz CT molecular complexity index is 3560. The van der Waals surface area contributed by atoms with Crippen molar-refractivity contribution in [3.05, 3.63) is 313 Å². The van der Waals surface area contributed by atoms with Gasteiger partial charge in [0, 0.05) is 16.8 Å². The summed E-state index contributed by atoms with van der Waals surface area (Å²) in [5.74, 6) is 3.23. The molecule has 0 spiro atoms. The van der Waals surface area contributed by atoms with Gasteiger partial charge in [0.2, 0.25) is 0 Å². The average molecular weight is 1040 g/mol. The highest BCUT2D eigenvalue weighted by Crippen LogP contribution is 2.63. The van der Waals surface area contributed by atoms with E-state index in [-0.39, 0.29) is 11.3 Å². The number of hydrogen-bond donors (Lipinski definition) is 1. The van der Waals surface area contributed by atoms with E-state index >= 15 is 0 Å². The fraction of sp³-hybridized carbons (Fsp3) is 0.160. The summed E-state index contributed by atoms with van der Waals surface area (Å²) < 4.78 is 14.0. The predicted octanol–water partition coefficient (Wildman–Crippen LogP) is 20.3. The second-order valence-electron chi connectivity index (χ2n) is 19.4. The van der Waals surface area contributed by atoms with Crippen LogP contribution in [-0.4, -0.2) is 5.71 Å². The molecule has 0 radical (unpaired) electrons. The third kappa shape index (κ3) is 12.9. The van der Waals surface area contributed by atoms with Crippen LogP contribution in [0.5, 0.6) is 23.0 Å². The lowest BCUT2D eigenvalue weighted by atomic mass is 9.61. The number of nitrogens with two attached hydrogens (primary N) is 1. The fourth-order valence-corrected chi connectivity index (χ4v) is 10.7. The number of ether oxygens (including phenoxy) is 2. The van der Waals surface area contributed by atoms with E-state index in [0.717, 1.165) is 70.7 Å². The van der Waals surface area contributed by atoms with Gasteiger partial charge < -0.3 is 15.2 Å². The number of aliphatic imine (C=N–C) groups is 1. The van der Waals surface area contributed by atoms with Crippen molar-refractivity contribution in [1.29, 1.82) is 0 Å². The predicted molar refractivity (Wildman–Crippen MR) is 338 cm³/mol. The summed E-state index contributed by atoms with van der Waals surface area (Å²) in [5, 5.41) is 2.42. The monoisotopic (exact) mass is 1030 g/mol. The third-order valence-corrected chi connectivity index (χ3v) is 14.2. The lowest BCUT2D eigenvalue weighted by Crippen LogP contribution is -2.36. The van der Waals surface area contributed by atoms with Gasteiger partial charge in [-0.3, -0.25) is 4.99 Å². The fourth-order valence-electron chi connectivity index (χ4n) is 10.7. The highest BCUT2D eigenvalue weighted by atomic mass is 16.6. The van der Waals surface area contributed by atoms with E-state index < -0.39 is 0 Å². The maximum Gasteiger partial charge on any atom is 0.177 e. The van der Waals surface area contributed by atoms with Crippen molar-refractivity contribution in [3.63, 3.8) is 0 Å². The van der Waals surface area contributed by atoms with Crippen LogP contribution in [0.4, 0.5) is 0 Å². The van der Waals surface area contributed by atoms with Crippen LogP contribution in [0.3, 0.4) is 0 Å². The van der Waals surface area contributed by atoms with Crippen LogP contribution in [0.2, 0.25) is 0 Å². The molecule has 79 heavy (non-hydrogen) atoms. The second kappa shape index (κ2) is 27.9. The average Bonchev–Trinajstić information content (AvgIpc) is 3.45. The number of para-hydroxylation sites is 1.